The number of alkyl halides is 1. The number of hydrogen-bond donors (Lipinski definition) is 0. The van der Waals surface area contributed by atoms with Crippen LogP contribution in [0.15, 0.2) is 30.3 Å². The van der Waals surface area contributed by atoms with Crippen molar-refractivity contribution in [1.82, 2.24) is 0 Å². The summed E-state index contributed by atoms with van der Waals surface area (Å²) in [5.41, 5.74) is 0.226. The van der Waals surface area contributed by atoms with E-state index in [1.807, 2.05) is 37.3 Å². The molecule has 1 saturated heterocycles. The molecule has 14 heavy (non-hydrogen) atoms. The monoisotopic (exact) mass is 210 g/mol. The summed E-state index contributed by atoms with van der Waals surface area (Å²) in [6, 6.07) is 9.54. The van der Waals surface area contributed by atoms with Crippen LogP contribution in [0.5, 0.6) is 0 Å². The molecule has 74 valence electrons. The van der Waals surface area contributed by atoms with Crippen LogP contribution >= 0.6 is 11.6 Å². The Kier molecular flexibility index (Phi) is 1.86. The first-order chi connectivity index (χ1) is 6.48. The van der Waals surface area contributed by atoms with E-state index >= 15 is 0 Å². The van der Waals surface area contributed by atoms with Crippen molar-refractivity contribution in [2.45, 2.75) is 24.3 Å². The van der Waals surface area contributed by atoms with E-state index in [2.05, 4.69) is 0 Å². The molecule has 0 aliphatic carbocycles. The van der Waals surface area contributed by atoms with Crippen LogP contribution in [0.25, 0.3) is 0 Å². The maximum Gasteiger partial charge on any atom is 0.332 e. The molecular formula is C11H11ClO2. The fourth-order valence-corrected chi connectivity index (χ4v) is 1.80. The second-order valence-corrected chi connectivity index (χ2v) is 4.55. The Labute approximate surface area is 87.8 Å². The molecular weight excluding hydrogens is 200 g/mol. The summed E-state index contributed by atoms with van der Waals surface area (Å²) in [6.07, 6.45) is 0. The first-order valence-electron chi connectivity index (χ1n) is 4.46. The molecule has 1 aromatic carbocycles. The van der Waals surface area contributed by atoms with E-state index in [-0.39, 0.29) is 5.97 Å². The molecule has 0 spiro atoms. The fourth-order valence-electron chi connectivity index (χ4n) is 1.61. The van der Waals surface area contributed by atoms with E-state index in [0.717, 1.165) is 5.56 Å². The molecule has 3 heteroatoms. The van der Waals surface area contributed by atoms with Gasteiger partial charge in [-0.3, -0.25) is 0 Å². The van der Waals surface area contributed by atoms with Gasteiger partial charge in [0.1, 0.15) is 0 Å². The van der Waals surface area contributed by atoms with Gasteiger partial charge >= 0.3 is 5.97 Å². The molecule has 0 aromatic heterocycles. The number of hydrogen-bond acceptors (Lipinski definition) is 2. The van der Waals surface area contributed by atoms with Crippen LogP contribution in [0.1, 0.15) is 19.4 Å². The minimum atomic E-state index is -0.950. The molecule has 1 aliphatic heterocycles. The summed E-state index contributed by atoms with van der Waals surface area (Å²) in [5.74, 6) is -0.356. The van der Waals surface area contributed by atoms with Crippen molar-refractivity contribution in [2.75, 3.05) is 0 Å². The Bertz CT molecular complexity index is 372. The van der Waals surface area contributed by atoms with Gasteiger partial charge in [0.25, 0.3) is 0 Å². The standard InChI is InChI=1S/C11H11ClO2/c1-10(12)9(13)14-11(10,2)8-6-4-3-5-7-8/h3-7H,1-2H3/t10-,11+/m0/s1. The molecule has 1 fully saturated rings. The molecule has 0 unspecified atom stereocenters. The van der Waals surface area contributed by atoms with Gasteiger partial charge in [-0.25, -0.2) is 4.79 Å². The highest BCUT2D eigenvalue weighted by Crippen LogP contribution is 2.50. The maximum absolute atomic E-state index is 11.2. The van der Waals surface area contributed by atoms with E-state index in [9.17, 15) is 4.79 Å². The lowest BCUT2D eigenvalue weighted by molar-refractivity contribution is -0.202. The van der Waals surface area contributed by atoms with Crippen molar-refractivity contribution in [3.8, 4) is 0 Å². The lowest BCUT2D eigenvalue weighted by Crippen LogP contribution is -2.63. The molecule has 0 bridgehead atoms. The average molecular weight is 211 g/mol. The molecule has 0 saturated carbocycles. The van der Waals surface area contributed by atoms with Gasteiger partial charge in [-0.15, -0.1) is 11.6 Å². The molecule has 2 atom stereocenters. The van der Waals surface area contributed by atoms with Crippen LogP contribution < -0.4 is 0 Å². The van der Waals surface area contributed by atoms with Gasteiger partial charge in [0.2, 0.25) is 0 Å². The first-order valence-corrected chi connectivity index (χ1v) is 4.84. The summed E-state index contributed by atoms with van der Waals surface area (Å²) in [6.45, 7) is 3.52. The Hall–Kier alpha value is -1.02. The third kappa shape index (κ3) is 1.01. The van der Waals surface area contributed by atoms with E-state index in [1.165, 1.54) is 0 Å². The molecule has 0 N–H and O–H groups in total. The van der Waals surface area contributed by atoms with Crippen LogP contribution in [0, 0.1) is 0 Å². The molecule has 1 aliphatic rings. The highest BCUT2D eigenvalue weighted by atomic mass is 35.5. The van der Waals surface area contributed by atoms with Gasteiger partial charge in [0.05, 0.1) is 0 Å². The van der Waals surface area contributed by atoms with Crippen LogP contribution in [0.2, 0.25) is 0 Å². The summed E-state index contributed by atoms with van der Waals surface area (Å²) >= 11 is 6.12. The molecule has 1 aromatic rings. The zero-order valence-corrected chi connectivity index (χ0v) is 8.84. The number of cyclic esters (lactones) is 1. The predicted octanol–water partition coefficient (Wildman–Crippen LogP) is 2.46. The topological polar surface area (TPSA) is 26.3 Å². The quantitative estimate of drug-likeness (QED) is 0.526. The van der Waals surface area contributed by atoms with Gasteiger partial charge in [-0.1, -0.05) is 30.3 Å². The minimum Gasteiger partial charge on any atom is -0.451 e. The number of carbonyl (C=O) groups excluding carboxylic acids is 1. The largest absolute Gasteiger partial charge is 0.451 e. The molecule has 1 heterocycles. The van der Waals surface area contributed by atoms with Crippen molar-refractivity contribution in [1.29, 1.82) is 0 Å². The van der Waals surface area contributed by atoms with Gasteiger partial charge in [0, 0.05) is 0 Å². The third-order valence-corrected chi connectivity index (χ3v) is 3.42. The lowest BCUT2D eigenvalue weighted by atomic mass is 9.78. The van der Waals surface area contributed by atoms with Crippen LogP contribution in [0.3, 0.4) is 0 Å². The van der Waals surface area contributed by atoms with Gasteiger partial charge in [0.15, 0.2) is 10.5 Å². The first kappa shape index (κ1) is 9.53. The molecule has 0 amide bonds. The van der Waals surface area contributed by atoms with E-state index in [4.69, 9.17) is 16.3 Å². The fraction of sp³-hybridized carbons (Fsp3) is 0.364. The molecule has 2 nitrogen and oxygen atoms in total. The summed E-state index contributed by atoms with van der Waals surface area (Å²) in [4.78, 5) is 10.2. The summed E-state index contributed by atoms with van der Waals surface area (Å²) in [7, 11) is 0. The smallest absolute Gasteiger partial charge is 0.332 e. The molecule has 0 radical (unpaired) electrons. The average Bonchev–Trinajstić information content (AvgIpc) is 2.19. The van der Waals surface area contributed by atoms with Gasteiger partial charge < -0.3 is 4.74 Å². The third-order valence-electron chi connectivity index (χ3n) is 2.90. The second-order valence-electron chi connectivity index (χ2n) is 3.79. The normalized spacial score (nSPS) is 36.1. The Balaban J connectivity index is 2.42. The molecule has 2 rings (SSSR count). The maximum atomic E-state index is 11.2. The zero-order valence-electron chi connectivity index (χ0n) is 8.08. The van der Waals surface area contributed by atoms with Crippen molar-refractivity contribution in [2.24, 2.45) is 0 Å². The van der Waals surface area contributed by atoms with E-state index in [0.29, 0.717) is 0 Å². The number of ether oxygens (including phenoxy) is 1. The Morgan fingerprint density at radius 1 is 1.21 bits per heavy atom. The number of rotatable bonds is 1. The zero-order chi connectivity index (χ0) is 10.4. The van der Waals surface area contributed by atoms with Crippen LogP contribution in [-0.2, 0) is 15.1 Å². The Morgan fingerprint density at radius 3 is 2.21 bits per heavy atom. The van der Waals surface area contributed by atoms with Crippen molar-refractivity contribution in [3.63, 3.8) is 0 Å². The van der Waals surface area contributed by atoms with Crippen molar-refractivity contribution >= 4 is 17.6 Å². The number of carbonyl (C=O) groups is 1. The van der Waals surface area contributed by atoms with E-state index < -0.39 is 10.5 Å². The second kappa shape index (κ2) is 2.74. The lowest BCUT2D eigenvalue weighted by Gasteiger charge is -2.49. The predicted molar refractivity (Wildman–Crippen MR) is 54.1 cm³/mol. The highest BCUT2D eigenvalue weighted by Gasteiger charge is 2.63. The van der Waals surface area contributed by atoms with Crippen molar-refractivity contribution < 1.29 is 9.53 Å². The number of benzene rings is 1. The van der Waals surface area contributed by atoms with Gasteiger partial charge in [-0.2, -0.15) is 0 Å². The summed E-state index contributed by atoms with van der Waals surface area (Å²) in [5, 5.41) is 0. The number of esters is 1. The SMILES string of the molecule is C[C@]1(Cl)C(=O)O[C@]1(C)c1ccccc1. The van der Waals surface area contributed by atoms with Crippen LogP contribution in [-0.4, -0.2) is 10.8 Å². The summed E-state index contributed by atoms with van der Waals surface area (Å²) < 4.78 is 5.16. The van der Waals surface area contributed by atoms with E-state index in [1.54, 1.807) is 6.92 Å². The number of halogens is 1. The van der Waals surface area contributed by atoms with Crippen LogP contribution in [0.4, 0.5) is 0 Å². The van der Waals surface area contributed by atoms with Crippen molar-refractivity contribution in [3.05, 3.63) is 35.9 Å². The highest BCUT2D eigenvalue weighted by molar-refractivity contribution is 6.36. The minimum absolute atomic E-state index is 0.356. The van der Waals surface area contributed by atoms with Gasteiger partial charge in [-0.05, 0) is 19.4 Å². The Morgan fingerprint density at radius 2 is 1.79 bits per heavy atom.